The first kappa shape index (κ1) is 23.6. The Balaban J connectivity index is 1.35. The number of benzene rings is 2. The number of rotatable bonds is 7. The van der Waals surface area contributed by atoms with Crippen LogP contribution in [0.1, 0.15) is 21.5 Å². The number of carbonyl (C=O) groups is 2. The molecule has 5 rings (SSSR count). The van der Waals surface area contributed by atoms with Crippen molar-refractivity contribution >= 4 is 29.2 Å². The number of phenolic OH excluding ortho intramolecular Hbond substituents is 1. The first-order valence-corrected chi connectivity index (χ1v) is 11.3. The van der Waals surface area contributed by atoms with E-state index in [4.69, 9.17) is 10.7 Å². The van der Waals surface area contributed by atoms with Crippen molar-refractivity contribution < 1.29 is 19.1 Å². The maximum atomic E-state index is 14.2. The second-order valence-corrected chi connectivity index (χ2v) is 8.27. The number of nitrogens with one attached hydrogen (secondary N) is 1. The van der Waals surface area contributed by atoms with Gasteiger partial charge in [-0.25, -0.2) is 19.3 Å². The summed E-state index contributed by atoms with van der Waals surface area (Å²) in [6, 6.07) is 17.4. The number of nitrogens with zero attached hydrogens (tertiary/aromatic N) is 4. The lowest BCUT2D eigenvalue weighted by molar-refractivity contribution is -0.120. The van der Waals surface area contributed by atoms with E-state index >= 15 is 0 Å². The number of aldehydes is 1. The van der Waals surface area contributed by atoms with Gasteiger partial charge in [0, 0.05) is 30.2 Å². The first-order valence-electron chi connectivity index (χ1n) is 11.3. The Labute approximate surface area is 210 Å². The highest BCUT2D eigenvalue weighted by Crippen LogP contribution is 2.30. The molecule has 0 aliphatic carbocycles. The topological polar surface area (TPSA) is 136 Å². The van der Waals surface area contributed by atoms with Gasteiger partial charge in [-0.2, -0.15) is 0 Å². The molecule has 3 aromatic heterocycles. The number of hydrogen-bond donors (Lipinski definition) is 3. The highest BCUT2D eigenvalue weighted by Gasteiger charge is 2.18. The maximum absolute atomic E-state index is 14.2. The molecule has 1 amide bonds. The molecule has 0 saturated heterocycles. The standard InChI is InChI=1S/C27H21FN6O3/c28-23-17(7-8-18(15-35)24(23)37)13-22(36)32-14-16-5-9-19(10-6-16)34-26(20-3-1-11-30-25(20)29)33-21-4-2-12-31-27(21)34/h1-12,15,37H,13-14H2,(H2,29,30)(H,32,36). The number of amides is 1. The molecule has 4 N–H and O–H groups in total. The van der Waals surface area contributed by atoms with Crippen LogP contribution in [0, 0.1) is 5.82 Å². The van der Waals surface area contributed by atoms with E-state index in [2.05, 4.69) is 15.3 Å². The van der Waals surface area contributed by atoms with Gasteiger partial charge in [-0.15, -0.1) is 0 Å². The highest BCUT2D eigenvalue weighted by molar-refractivity contribution is 5.83. The summed E-state index contributed by atoms with van der Waals surface area (Å²) in [6.07, 6.45) is 3.38. The number of carbonyl (C=O) groups excluding carboxylic acids is 2. The van der Waals surface area contributed by atoms with Crippen molar-refractivity contribution in [1.82, 2.24) is 24.8 Å². The molecule has 0 unspecified atom stereocenters. The minimum absolute atomic E-state index is 0.00219. The molecule has 0 spiro atoms. The molecule has 37 heavy (non-hydrogen) atoms. The van der Waals surface area contributed by atoms with Crippen LogP contribution in [0.2, 0.25) is 0 Å². The quantitative estimate of drug-likeness (QED) is 0.293. The van der Waals surface area contributed by atoms with E-state index in [1.54, 1.807) is 18.5 Å². The van der Waals surface area contributed by atoms with Crippen molar-refractivity contribution in [2.24, 2.45) is 0 Å². The number of nitrogens with two attached hydrogens (primary N) is 1. The fraction of sp³-hybridized carbons (Fsp3) is 0.0741. The molecule has 184 valence electrons. The molecule has 0 saturated carbocycles. The molecule has 5 aromatic rings. The van der Waals surface area contributed by atoms with Crippen molar-refractivity contribution in [3.8, 4) is 22.8 Å². The lowest BCUT2D eigenvalue weighted by Crippen LogP contribution is -2.25. The zero-order chi connectivity index (χ0) is 25.9. The molecule has 0 aliphatic rings. The number of anilines is 1. The second-order valence-electron chi connectivity index (χ2n) is 8.27. The van der Waals surface area contributed by atoms with Crippen LogP contribution in [0.5, 0.6) is 5.75 Å². The third kappa shape index (κ3) is 4.59. The summed E-state index contributed by atoms with van der Waals surface area (Å²) in [4.78, 5) is 36.6. The van der Waals surface area contributed by atoms with E-state index in [-0.39, 0.29) is 24.1 Å². The average molecular weight is 497 g/mol. The van der Waals surface area contributed by atoms with Crippen molar-refractivity contribution in [2.45, 2.75) is 13.0 Å². The van der Waals surface area contributed by atoms with Gasteiger partial charge in [-0.05, 0) is 48.0 Å². The van der Waals surface area contributed by atoms with E-state index in [0.717, 1.165) is 11.3 Å². The van der Waals surface area contributed by atoms with Gasteiger partial charge in [-0.3, -0.25) is 14.2 Å². The van der Waals surface area contributed by atoms with Gasteiger partial charge in [0.05, 0.1) is 17.5 Å². The van der Waals surface area contributed by atoms with Gasteiger partial charge in [0.25, 0.3) is 0 Å². The predicted molar refractivity (Wildman–Crippen MR) is 136 cm³/mol. The summed E-state index contributed by atoms with van der Waals surface area (Å²) >= 11 is 0. The lowest BCUT2D eigenvalue weighted by atomic mass is 10.1. The van der Waals surface area contributed by atoms with Crippen LogP contribution in [-0.4, -0.2) is 36.8 Å². The van der Waals surface area contributed by atoms with Gasteiger partial charge in [0.1, 0.15) is 11.3 Å². The normalized spacial score (nSPS) is 10.9. The average Bonchev–Trinajstić information content (AvgIpc) is 3.30. The summed E-state index contributed by atoms with van der Waals surface area (Å²) < 4.78 is 16.1. The number of fused-ring (bicyclic) bond motifs is 1. The number of halogens is 1. The number of imidazole rings is 1. The lowest BCUT2D eigenvalue weighted by Gasteiger charge is -2.11. The first-order chi connectivity index (χ1) is 18.0. The third-order valence-corrected chi connectivity index (χ3v) is 5.89. The molecule has 3 heterocycles. The van der Waals surface area contributed by atoms with Gasteiger partial charge >= 0.3 is 0 Å². The van der Waals surface area contributed by atoms with Crippen LogP contribution in [-0.2, 0) is 17.8 Å². The van der Waals surface area contributed by atoms with Crippen LogP contribution in [0.3, 0.4) is 0 Å². The van der Waals surface area contributed by atoms with Gasteiger partial charge in [0.2, 0.25) is 5.91 Å². The zero-order valence-electron chi connectivity index (χ0n) is 19.4. The van der Waals surface area contributed by atoms with E-state index in [1.807, 2.05) is 47.0 Å². The fourth-order valence-corrected chi connectivity index (χ4v) is 4.00. The number of aromatic hydroxyl groups is 1. The van der Waals surface area contributed by atoms with Crippen molar-refractivity contribution in [3.63, 3.8) is 0 Å². The smallest absolute Gasteiger partial charge is 0.224 e. The van der Waals surface area contributed by atoms with Gasteiger partial charge in [0.15, 0.2) is 29.3 Å². The summed E-state index contributed by atoms with van der Waals surface area (Å²) in [5.41, 5.74) is 9.60. The molecule has 9 nitrogen and oxygen atoms in total. The summed E-state index contributed by atoms with van der Waals surface area (Å²) in [5.74, 6) is -1.21. The van der Waals surface area contributed by atoms with Crippen LogP contribution in [0.15, 0.2) is 73.1 Å². The third-order valence-electron chi connectivity index (χ3n) is 5.89. The van der Waals surface area contributed by atoms with Crippen molar-refractivity contribution in [3.05, 3.63) is 95.6 Å². The monoisotopic (exact) mass is 496 g/mol. The van der Waals surface area contributed by atoms with Gasteiger partial charge < -0.3 is 16.2 Å². The Kier molecular flexibility index (Phi) is 6.29. The van der Waals surface area contributed by atoms with E-state index in [9.17, 15) is 19.1 Å². The number of hydrogen-bond acceptors (Lipinski definition) is 7. The summed E-state index contributed by atoms with van der Waals surface area (Å²) in [6.45, 7) is 0.213. The van der Waals surface area contributed by atoms with Crippen LogP contribution in [0.4, 0.5) is 10.2 Å². The zero-order valence-corrected chi connectivity index (χ0v) is 19.4. The second kappa shape index (κ2) is 9.86. The molecular weight excluding hydrogens is 475 g/mol. The molecule has 0 aliphatic heterocycles. The minimum atomic E-state index is -0.977. The van der Waals surface area contributed by atoms with Crippen molar-refractivity contribution in [2.75, 3.05) is 5.73 Å². The molecule has 0 atom stereocenters. The predicted octanol–water partition coefficient (Wildman–Crippen LogP) is 3.58. The van der Waals surface area contributed by atoms with E-state index < -0.39 is 17.5 Å². The Hall–Kier alpha value is -5.12. The number of aromatic nitrogens is 4. The molecule has 0 bridgehead atoms. The van der Waals surface area contributed by atoms with Crippen LogP contribution in [0.25, 0.3) is 28.2 Å². The Morgan fingerprint density at radius 3 is 2.57 bits per heavy atom. The van der Waals surface area contributed by atoms with Crippen LogP contribution < -0.4 is 11.1 Å². The largest absolute Gasteiger partial charge is 0.504 e. The summed E-state index contributed by atoms with van der Waals surface area (Å²) in [5, 5.41) is 12.5. The maximum Gasteiger partial charge on any atom is 0.224 e. The molecular formula is C27H21FN6O3. The minimum Gasteiger partial charge on any atom is -0.504 e. The van der Waals surface area contributed by atoms with E-state index in [1.165, 1.54) is 12.1 Å². The van der Waals surface area contributed by atoms with Crippen molar-refractivity contribution in [1.29, 1.82) is 0 Å². The number of pyridine rings is 2. The molecule has 0 fully saturated rings. The molecule has 2 aromatic carbocycles. The number of nitrogen functional groups attached to an aromatic ring is 1. The fourth-order valence-electron chi connectivity index (χ4n) is 4.00. The molecule has 0 radical (unpaired) electrons. The SMILES string of the molecule is Nc1ncccc1-c1nc2cccnc2n1-c1ccc(CNC(=O)Cc2ccc(C=O)c(O)c2F)cc1. The highest BCUT2D eigenvalue weighted by atomic mass is 19.1. The van der Waals surface area contributed by atoms with E-state index in [0.29, 0.717) is 34.7 Å². The Bertz CT molecular complexity index is 1630. The number of phenols is 1. The van der Waals surface area contributed by atoms with Crippen LogP contribution >= 0.6 is 0 Å². The van der Waals surface area contributed by atoms with Gasteiger partial charge in [-0.1, -0.05) is 18.2 Å². The summed E-state index contributed by atoms with van der Waals surface area (Å²) in [7, 11) is 0. The Morgan fingerprint density at radius 2 is 1.81 bits per heavy atom. The Morgan fingerprint density at radius 1 is 1.05 bits per heavy atom. The molecule has 10 heteroatoms.